The number of hydrogen-bond donors (Lipinski definition) is 1. The molecule has 1 aromatic heterocycles. The predicted octanol–water partition coefficient (Wildman–Crippen LogP) is 1.85. The second-order valence-electron chi connectivity index (χ2n) is 3.54. The van der Waals surface area contributed by atoms with Crippen molar-refractivity contribution in [3.8, 4) is 0 Å². The minimum absolute atomic E-state index is 0.529. The normalized spacial score (nSPS) is 17.9. The first-order chi connectivity index (χ1) is 6.78. The van der Waals surface area contributed by atoms with Crippen molar-refractivity contribution >= 4 is 17.4 Å². The average molecular weight is 212 g/mol. The zero-order valence-electron chi connectivity index (χ0n) is 8.20. The maximum Gasteiger partial charge on any atom is 0.131 e. The van der Waals surface area contributed by atoms with Crippen molar-refractivity contribution < 1.29 is 0 Å². The molecule has 0 saturated carbocycles. The van der Waals surface area contributed by atoms with Gasteiger partial charge in [-0.3, -0.25) is 4.90 Å². The molecular formula is C10H14ClN3. The number of aromatic nitrogens is 1. The number of hydrogen-bond acceptors (Lipinski definition) is 3. The van der Waals surface area contributed by atoms with E-state index in [4.69, 9.17) is 11.6 Å². The lowest BCUT2D eigenvalue weighted by Gasteiger charge is -2.39. The number of rotatable bonds is 3. The van der Waals surface area contributed by atoms with Gasteiger partial charge in [0.1, 0.15) is 11.0 Å². The summed E-state index contributed by atoms with van der Waals surface area (Å²) < 4.78 is 0. The largest absolute Gasteiger partial charge is 0.365 e. The van der Waals surface area contributed by atoms with Crippen LogP contribution in [0.25, 0.3) is 0 Å². The summed E-state index contributed by atoms with van der Waals surface area (Å²) in [6.45, 7) is 5.50. The minimum atomic E-state index is 0.529. The van der Waals surface area contributed by atoms with Gasteiger partial charge in [0.25, 0.3) is 0 Å². The van der Waals surface area contributed by atoms with Gasteiger partial charge in [0.15, 0.2) is 0 Å². The van der Waals surface area contributed by atoms with E-state index in [2.05, 4.69) is 22.1 Å². The molecule has 1 aliphatic rings. The van der Waals surface area contributed by atoms with Crippen LogP contribution in [-0.2, 0) is 0 Å². The van der Waals surface area contributed by atoms with Gasteiger partial charge in [-0.15, -0.1) is 0 Å². The number of likely N-dealkylation sites (tertiary alicyclic amines) is 1. The van der Waals surface area contributed by atoms with Crippen LogP contribution in [0, 0.1) is 0 Å². The van der Waals surface area contributed by atoms with E-state index in [0.717, 1.165) is 25.5 Å². The number of anilines is 1. The van der Waals surface area contributed by atoms with E-state index in [0.29, 0.717) is 11.2 Å². The summed E-state index contributed by atoms with van der Waals surface area (Å²) >= 11 is 5.78. The van der Waals surface area contributed by atoms with Crippen molar-refractivity contribution in [3.05, 3.63) is 23.4 Å². The Morgan fingerprint density at radius 2 is 2.36 bits per heavy atom. The minimum Gasteiger partial charge on any atom is -0.365 e. The molecule has 0 aromatic carbocycles. The van der Waals surface area contributed by atoms with Crippen LogP contribution in [-0.4, -0.2) is 35.6 Å². The molecule has 0 radical (unpaired) electrons. The fourth-order valence-electron chi connectivity index (χ4n) is 1.62. The summed E-state index contributed by atoms with van der Waals surface area (Å²) in [7, 11) is 0. The Labute approximate surface area is 89.1 Å². The first-order valence-electron chi connectivity index (χ1n) is 4.89. The monoisotopic (exact) mass is 211 g/mol. The summed E-state index contributed by atoms with van der Waals surface area (Å²) in [5.41, 5.74) is 0. The standard InChI is InChI=1S/C10H14ClN3/c1-2-14-6-8(7-14)12-10-5-3-4-9(11)13-10/h3-5,8H,2,6-7H2,1H3,(H,12,13). The fraction of sp³-hybridized carbons (Fsp3) is 0.500. The second-order valence-corrected chi connectivity index (χ2v) is 3.93. The molecule has 2 heterocycles. The van der Waals surface area contributed by atoms with Gasteiger partial charge < -0.3 is 5.32 Å². The Kier molecular flexibility index (Phi) is 2.89. The molecule has 1 fully saturated rings. The van der Waals surface area contributed by atoms with Crippen LogP contribution in [0.1, 0.15) is 6.92 Å². The third kappa shape index (κ3) is 2.16. The van der Waals surface area contributed by atoms with Crippen LogP contribution >= 0.6 is 11.6 Å². The van der Waals surface area contributed by atoms with Crippen molar-refractivity contribution in [2.24, 2.45) is 0 Å². The van der Waals surface area contributed by atoms with E-state index in [1.165, 1.54) is 0 Å². The lowest BCUT2D eigenvalue weighted by Crippen LogP contribution is -2.54. The Balaban J connectivity index is 1.87. The lowest BCUT2D eigenvalue weighted by atomic mass is 10.1. The Hall–Kier alpha value is -0.800. The highest BCUT2D eigenvalue weighted by Gasteiger charge is 2.24. The van der Waals surface area contributed by atoms with Gasteiger partial charge in [-0.2, -0.15) is 0 Å². The van der Waals surface area contributed by atoms with Gasteiger partial charge in [-0.1, -0.05) is 24.6 Å². The van der Waals surface area contributed by atoms with Crippen molar-refractivity contribution in [2.45, 2.75) is 13.0 Å². The topological polar surface area (TPSA) is 28.2 Å². The summed E-state index contributed by atoms with van der Waals surface area (Å²) in [5.74, 6) is 0.873. The molecule has 76 valence electrons. The first kappa shape index (κ1) is 9.74. The van der Waals surface area contributed by atoms with E-state index in [1.54, 1.807) is 6.07 Å². The van der Waals surface area contributed by atoms with E-state index in [1.807, 2.05) is 12.1 Å². The smallest absolute Gasteiger partial charge is 0.131 e. The molecule has 1 aliphatic heterocycles. The van der Waals surface area contributed by atoms with Crippen molar-refractivity contribution in [1.29, 1.82) is 0 Å². The van der Waals surface area contributed by atoms with Crippen LogP contribution in [0.5, 0.6) is 0 Å². The highest BCUT2D eigenvalue weighted by Crippen LogP contribution is 2.14. The zero-order valence-corrected chi connectivity index (χ0v) is 8.96. The van der Waals surface area contributed by atoms with Gasteiger partial charge >= 0.3 is 0 Å². The molecule has 0 spiro atoms. The quantitative estimate of drug-likeness (QED) is 0.774. The molecular weight excluding hydrogens is 198 g/mol. The number of nitrogens with one attached hydrogen (secondary N) is 1. The third-order valence-electron chi connectivity index (χ3n) is 2.47. The molecule has 1 N–H and O–H groups in total. The molecule has 3 nitrogen and oxygen atoms in total. The predicted molar refractivity (Wildman–Crippen MR) is 58.8 cm³/mol. The molecule has 0 amide bonds. The first-order valence-corrected chi connectivity index (χ1v) is 5.27. The summed E-state index contributed by atoms with van der Waals surface area (Å²) in [5, 5.41) is 3.89. The molecule has 1 aromatic rings. The third-order valence-corrected chi connectivity index (χ3v) is 2.68. The molecule has 0 bridgehead atoms. The molecule has 0 unspecified atom stereocenters. The van der Waals surface area contributed by atoms with E-state index in [9.17, 15) is 0 Å². The Morgan fingerprint density at radius 1 is 1.57 bits per heavy atom. The van der Waals surface area contributed by atoms with E-state index >= 15 is 0 Å². The molecule has 0 aliphatic carbocycles. The van der Waals surface area contributed by atoms with Gasteiger partial charge in [-0.25, -0.2) is 4.98 Å². The van der Waals surface area contributed by atoms with Gasteiger partial charge in [-0.05, 0) is 18.7 Å². The Bertz CT molecular complexity index is 310. The number of pyridine rings is 1. The van der Waals surface area contributed by atoms with Gasteiger partial charge in [0.05, 0.1) is 6.04 Å². The van der Waals surface area contributed by atoms with Gasteiger partial charge in [0, 0.05) is 13.1 Å². The van der Waals surface area contributed by atoms with Crippen molar-refractivity contribution in [1.82, 2.24) is 9.88 Å². The van der Waals surface area contributed by atoms with Gasteiger partial charge in [0.2, 0.25) is 0 Å². The van der Waals surface area contributed by atoms with E-state index in [-0.39, 0.29) is 0 Å². The SMILES string of the molecule is CCN1CC(Nc2cccc(Cl)n2)C1. The average Bonchev–Trinajstić information content (AvgIpc) is 2.10. The fourth-order valence-corrected chi connectivity index (χ4v) is 1.78. The van der Waals surface area contributed by atoms with Crippen LogP contribution in [0.3, 0.4) is 0 Å². The number of halogens is 1. The van der Waals surface area contributed by atoms with Crippen LogP contribution in [0.15, 0.2) is 18.2 Å². The van der Waals surface area contributed by atoms with E-state index < -0.39 is 0 Å². The molecule has 1 saturated heterocycles. The van der Waals surface area contributed by atoms with Crippen LogP contribution < -0.4 is 5.32 Å². The maximum atomic E-state index is 5.78. The van der Waals surface area contributed by atoms with Crippen molar-refractivity contribution in [2.75, 3.05) is 25.0 Å². The number of likely N-dealkylation sites (N-methyl/N-ethyl adjacent to an activating group) is 1. The second kappa shape index (κ2) is 4.15. The highest BCUT2D eigenvalue weighted by atomic mass is 35.5. The molecule has 4 heteroatoms. The van der Waals surface area contributed by atoms with Crippen LogP contribution in [0.2, 0.25) is 5.15 Å². The van der Waals surface area contributed by atoms with Crippen molar-refractivity contribution in [3.63, 3.8) is 0 Å². The maximum absolute atomic E-state index is 5.78. The molecule has 0 atom stereocenters. The zero-order chi connectivity index (χ0) is 9.97. The summed E-state index contributed by atoms with van der Waals surface area (Å²) in [6.07, 6.45) is 0. The summed E-state index contributed by atoms with van der Waals surface area (Å²) in [4.78, 5) is 6.56. The Morgan fingerprint density at radius 3 is 3.00 bits per heavy atom. The summed E-state index contributed by atoms with van der Waals surface area (Å²) in [6, 6.07) is 6.17. The highest BCUT2D eigenvalue weighted by molar-refractivity contribution is 6.29. The molecule has 14 heavy (non-hydrogen) atoms. The molecule has 2 rings (SSSR count). The number of nitrogens with zero attached hydrogens (tertiary/aromatic N) is 2. The van der Waals surface area contributed by atoms with Crippen LogP contribution in [0.4, 0.5) is 5.82 Å². The lowest BCUT2D eigenvalue weighted by molar-refractivity contribution is 0.171.